The zero-order chi connectivity index (χ0) is 13.4. The third-order valence-corrected chi connectivity index (χ3v) is 2.59. The quantitative estimate of drug-likeness (QED) is 0.629. The first-order valence-electron chi connectivity index (χ1n) is 5.94. The summed E-state index contributed by atoms with van der Waals surface area (Å²) in [6.07, 6.45) is 1.83. The number of nitrogens with two attached hydrogens (primary N) is 1. The SMILES string of the molecule is NCCCCC(NC(=O)c1ccccc1)C(=O)O. The number of carboxylic acids is 1. The van der Waals surface area contributed by atoms with E-state index in [0.29, 0.717) is 24.9 Å². The summed E-state index contributed by atoms with van der Waals surface area (Å²) in [7, 11) is 0. The maximum Gasteiger partial charge on any atom is 0.326 e. The molecule has 18 heavy (non-hydrogen) atoms. The van der Waals surface area contributed by atoms with Crippen molar-refractivity contribution in [3.63, 3.8) is 0 Å². The van der Waals surface area contributed by atoms with Crippen LogP contribution in [0.4, 0.5) is 0 Å². The van der Waals surface area contributed by atoms with Crippen molar-refractivity contribution in [2.75, 3.05) is 6.54 Å². The third kappa shape index (κ3) is 4.55. The van der Waals surface area contributed by atoms with Gasteiger partial charge in [0.25, 0.3) is 5.91 Å². The first-order chi connectivity index (χ1) is 8.65. The highest BCUT2D eigenvalue weighted by atomic mass is 16.4. The third-order valence-electron chi connectivity index (χ3n) is 2.59. The van der Waals surface area contributed by atoms with Crippen LogP contribution in [-0.2, 0) is 4.79 Å². The maximum absolute atomic E-state index is 11.8. The first-order valence-corrected chi connectivity index (χ1v) is 5.94. The average molecular weight is 250 g/mol. The smallest absolute Gasteiger partial charge is 0.326 e. The van der Waals surface area contributed by atoms with E-state index >= 15 is 0 Å². The van der Waals surface area contributed by atoms with Crippen LogP contribution < -0.4 is 11.1 Å². The summed E-state index contributed by atoms with van der Waals surface area (Å²) in [6, 6.07) is 7.71. The molecule has 0 saturated carbocycles. The van der Waals surface area contributed by atoms with Gasteiger partial charge >= 0.3 is 5.97 Å². The number of benzene rings is 1. The van der Waals surface area contributed by atoms with E-state index in [1.165, 1.54) is 0 Å². The number of carbonyl (C=O) groups excluding carboxylic acids is 1. The fraction of sp³-hybridized carbons (Fsp3) is 0.385. The number of hydrogen-bond donors (Lipinski definition) is 3. The molecule has 1 unspecified atom stereocenters. The zero-order valence-electron chi connectivity index (χ0n) is 10.1. The molecule has 0 aliphatic rings. The van der Waals surface area contributed by atoms with Crippen LogP contribution in [0.1, 0.15) is 29.6 Å². The molecular formula is C13H18N2O3. The van der Waals surface area contributed by atoms with Gasteiger partial charge < -0.3 is 16.2 Å². The number of amides is 1. The van der Waals surface area contributed by atoms with Crippen LogP contribution in [0, 0.1) is 0 Å². The summed E-state index contributed by atoms with van der Waals surface area (Å²) in [5.74, 6) is -1.38. The van der Waals surface area contributed by atoms with Gasteiger partial charge in [0.05, 0.1) is 0 Å². The standard InChI is InChI=1S/C13H18N2O3/c14-9-5-4-8-11(13(17)18)15-12(16)10-6-2-1-3-7-10/h1-3,6-7,11H,4-5,8-9,14H2,(H,15,16)(H,17,18). The predicted molar refractivity (Wildman–Crippen MR) is 68.2 cm³/mol. The van der Waals surface area contributed by atoms with E-state index in [0.717, 1.165) is 6.42 Å². The average Bonchev–Trinajstić information content (AvgIpc) is 2.38. The molecule has 0 aliphatic heterocycles. The molecular weight excluding hydrogens is 232 g/mol. The van der Waals surface area contributed by atoms with E-state index in [9.17, 15) is 9.59 Å². The highest BCUT2D eigenvalue weighted by Gasteiger charge is 2.19. The van der Waals surface area contributed by atoms with Gasteiger partial charge in [0.2, 0.25) is 0 Å². The van der Waals surface area contributed by atoms with Crippen molar-refractivity contribution in [2.45, 2.75) is 25.3 Å². The van der Waals surface area contributed by atoms with Crippen molar-refractivity contribution in [1.29, 1.82) is 0 Å². The molecule has 1 amide bonds. The van der Waals surface area contributed by atoms with E-state index in [-0.39, 0.29) is 5.91 Å². The van der Waals surface area contributed by atoms with Crippen molar-refractivity contribution >= 4 is 11.9 Å². The molecule has 0 aliphatic carbocycles. The van der Waals surface area contributed by atoms with Crippen molar-refractivity contribution in [3.8, 4) is 0 Å². The van der Waals surface area contributed by atoms with Crippen LogP contribution >= 0.6 is 0 Å². The number of unbranched alkanes of at least 4 members (excludes halogenated alkanes) is 1. The molecule has 1 aromatic carbocycles. The Balaban J connectivity index is 2.55. The number of nitrogens with one attached hydrogen (secondary N) is 1. The number of carbonyl (C=O) groups is 2. The molecule has 0 spiro atoms. The van der Waals surface area contributed by atoms with Crippen LogP contribution in [0.15, 0.2) is 30.3 Å². The molecule has 0 heterocycles. The molecule has 1 rings (SSSR count). The van der Waals surface area contributed by atoms with E-state index < -0.39 is 12.0 Å². The van der Waals surface area contributed by atoms with Gasteiger partial charge in [-0.1, -0.05) is 18.2 Å². The van der Waals surface area contributed by atoms with Crippen molar-refractivity contribution in [3.05, 3.63) is 35.9 Å². The van der Waals surface area contributed by atoms with Gasteiger partial charge in [-0.15, -0.1) is 0 Å². The molecule has 0 saturated heterocycles. The molecule has 5 heteroatoms. The van der Waals surface area contributed by atoms with Gasteiger partial charge in [-0.05, 0) is 37.9 Å². The number of rotatable bonds is 7. The fourth-order valence-corrected chi connectivity index (χ4v) is 1.58. The van der Waals surface area contributed by atoms with Crippen LogP contribution in [0.25, 0.3) is 0 Å². The predicted octanol–water partition coefficient (Wildman–Crippen LogP) is 0.999. The van der Waals surface area contributed by atoms with Crippen molar-refractivity contribution in [2.24, 2.45) is 5.73 Å². The molecule has 4 N–H and O–H groups in total. The molecule has 0 aromatic heterocycles. The lowest BCUT2D eigenvalue weighted by molar-refractivity contribution is -0.139. The summed E-state index contributed by atoms with van der Waals surface area (Å²) >= 11 is 0. The summed E-state index contributed by atoms with van der Waals surface area (Å²) in [5, 5.41) is 11.5. The lowest BCUT2D eigenvalue weighted by Crippen LogP contribution is -2.40. The normalized spacial score (nSPS) is 11.8. The second kappa shape index (κ2) is 7.45. The Morgan fingerprint density at radius 2 is 1.89 bits per heavy atom. The highest BCUT2D eigenvalue weighted by molar-refractivity contribution is 5.96. The maximum atomic E-state index is 11.8. The zero-order valence-corrected chi connectivity index (χ0v) is 10.1. The monoisotopic (exact) mass is 250 g/mol. The molecule has 98 valence electrons. The van der Waals surface area contributed by atoms with E-state index in [1.807, 2.05) is 0 Å². The minimum Gasteiger partial charge on any atom is -0.480 e. The van der Waals surface area contributed by atoms with Crippen LogP contribution in [0.2, 0.25) is 0 Å². The van der Waals surface area contributed by atoms with Gasteiger partial charge in [-0.3, -0.25) is 4.79 Å². The Morgan fingerprint density at radius 3 is 2.44 bits per heavy atom. The van der Waals surface area contributed by atoms with E-state index in [1.54, 1.807) is 30.3 Å². The Hall–Kier alpha value is -1.88. The summed E-state index contributed by atoms with van der Waals surface area (Å²) < 4.78 is 0. The Kier molecular flexibility index (Phi) is 5.87. The summed E-state index contributed by atoms with van der Waals surface area (Å²) in [6.45, 7) is 0.527. The molecule has 0 bridgehead atoms. The van der Waals surface area contributed by atoms with E-state index in [2.05, 4.69) is 5.32 Å². The molecule has 0 fully saturated rings. The van der Waals surface area contributed by atoms with Crippen LogP contribution in [0.5, 0.6) is 0 Å². The Labute approximate surface area is 106 Å². The lowest BCUT2D eigenvalue weighted by atomic mass is 10.1. The van der Waals surface area contributed by atoms with Gasteiger partial charge in [-0.25, -0.2) is 4.79 Å². The second-order valence-corrected chi connectivity index (χ2v) is 4.01. The van der Waals surface area contributed by atoms with Gasteiger partial charge in [0.1, 0.15) is 6.04 Å². The minimum absolute atomic E-state index is 0.365. The minimum atomic E-state index is -1.02. The van der Waals surface area contributed by atoms with Crippen LogP contribution in [-0.4, -0.2) is 29.6 Å². The Morgan fingerprint density at radius 1 is 1.22 bits per heavy atom. The van der Waals surface area contributed by atoms with Crippen molar-refractivity contribution < 1.29 is 14.7 Å². The summed E-state index contributed by atoms with van der Waals surface area (Å²) in [5.41, 5.74) is 5.81. The number of hydrogen-bond acceptors (Lipinski definition) is 3. The van der Waals surface area contributed by atoms with Gasteiger partial charge in [0.15, 0.2) is 0 Å². The molecule has 1 atom stereocenters. The van der Waals surface area contributed by atoms with Gasteiger partial charge in [-0.2, -0.15) is 0 Å². The topological polar surface area (TPSA) is 92.4 Å². The number of aliphatic carboxylic acids is 1. The lowest BCUT2D eigenvalue weighted by Gasteiger charge is -2.14. The molecule has 0 radical (unpaired) electrons. The second-order valence-electron chi connectivity index (χ2n) is 4.01. The van der Waals surface area contributed by atoms with Gasteiger partial charge in [0, 0.05) is 5.56 Å². The number of carboxylic acid groups (broad SMARTS) is 1. The molecule has 1 aromatic rings. The van der Waals surface area contributed by atoms with Crippen LogP contribution in [0.3, 0.4) is 0 Å². The first kappa shape index (κ1) is 14.2. The molecule has 5 nitrogen and oxygen atoms in total. The Bertz CT molecular complexity index is 392. The largest absolute Gasteiger partial charge is 0.480 e. The van der Waals surface area contributed by atoms with E-state index in [4.69, 9.17) is 10.8 Å². The van der Waals surface area contributed by atoms with Crippen molar-refractivity contribution in [1.82, 2.24) is 5.32 Å². The fourth-order valence-electron chi connectivity index (χ4n) is 1.58. The summed E-state index contributed by atoms with van der Waals surface area (Å²) in [4.78, 5) is 22.8. The highest BCUT2D eigenvalue weighted by Crippen LogP contribution is 2.04.